The zero-order valence-corrected chi connectivity index (χ0v) is 12.5. The van der Waals surface area contributed by atoms with Crippen molar-refractivity contribution in [2.75, 3.05) is 18.6 Å². The Morgan fingerprint density at radius 1 is 1.43 bits per heavy atom. The zero-order valence-electron chi connectivity index (χ0n) is 11.7. The molecule has 1 amide bonds. The molecule has 1 heterocycles. The molecule has 0 spiro atoms. The third-order valence-corrected chi connectivity index (χ3v) is 4.71. The lowest BCUT2D eigenvalue weighted by Crippen LogP contribution is -2.32. The lowest BCUT2D eigenvalue weighted by atomic mass is 10.1. The first-order valence-corrected chi connectivity index (χ1v) is 7.86. The number of nitrogens with zero attached hydrogens (tertiary/aromatic N) is 1. The summed E-state index contributed by atoms with van der Waals surface area (Å²) in [6.45, 7) is 1.76. The van der Waals surface area contributed by atoms with Crippen LogP contribution >= 0.6 is 0 Å². The van der Waals surface area contributed by atoms with Crippen molar-refractivity contribution in [3.05, 3.63) is 29.3 Å². The first-order chi connectivity index (χ1) is 9.74. The highest BCUT2D eigenvalue weighted by Crippen LogP contribution is 2.28. The molecule has 7 nitrogen and oxygen atoms in total. The van der Waals surface area contributed by atoms with Crippen LogP contribution in [-0.2, 0) is 19.6 Å². The SMILES string of the molecule is COC(=O)c1ccc(N2CC(S(N)(=O)=O)CC2=O)c(C)c1. The Hall–Kier alpha value is -1.93. The number of hydrogen-bond donors (Lipinski definition) is 1. The summed E-state index contributed by atoms with van der Waals surface area (Å²) in [5.41, 5.74) is 1.62. The van der Waals surface area contributed by atoms with E-state index >= 15 is 0 Å². The van der Waals surface area contributed by atoms with E-state index in [-0.39, 0.29) is 18.9 Å². The second-order valence-corrected chi connectivity index (χ2v) is 6.76. The van der Waals surface area contributed by atoms with E-state index in [2.05, 4.69) is 4.74 Å². The number of nitrogens with two attached hydrogens (primary N) is 1. The van der Waals surface area contributed by atoms with Crippen LogP contribution in [0.5, 0.6) is 0 Å². The van der Waals surface area contributed by atoms with Crippen molar-refractivity contribution in [2.24, 2.45) is 5.14 Å². The highest BCUT2D eigenvalue weighted by molar-refractivity contribution is 7.89. The van der Waals surface area contributed by atoms with Crippen LogP contribution in [0.3, 0.4) is 0 Å². The van der Waals surface area contributed by atoms with Crippen LogP contribution < -0.4 is 10.0 Å². The number of anilines is 1. The molecule has 0 aliphatic carbocycles. The largest absolute Gasteiger partial charge is 0.465 e. The van der Waals surface area contributed by atoms with Crippen molar-refractivity contribution in [3.63, 3.8) is 0 Å². The van der Waals surface area contributed by atoms with Gasteiger partial charge in [0.2, 0.25) is 15.9 Å². The maximum atomic E-state index is 12.0. The first-order valence-electron chi connectivity index (χ1n) is 6.25. The van der Waals surface area contributed by atoms with E-state index in [0.29, 0.717) is 16.8 Å². The molecule has 0 radical (unpaired) electrons. The number of benzene rings is 1. The van der Waals surface area contributed by atoms with Gasteiger partial charge in [-0.05, 0) is 30.7 Å². The summed E-state index contributed by atoms with van der Waals surface area (Å²) in [5.74, 6) is -0.775. The zero-order chi connectivity index (χ0) is 15.8. The smallest absolute Gasteiger partial charge is 0.337 e. The number of esters is 1. The summed E-state index contributed by atoms with van der Waals surface area (Å²) < 4.78 is 27.3. The second kappa shape index (κ2) is 5.45. The van der Waals surface area contributed by atoms with Crippen LogP contribution in [0.15, 0.2) is 18.2 Å². The maximum Gasteiger partial charge on any atom is 0.337 e. The highest BCUT2D eigenvalue weighted by Gasteiger charge is 2.37. The van der Waals surface area contributed by atoms with Crippen molar-refractivity contribution in [2.45, 2.75) is 18.6 Å². The van der Waals surface area contributed by atoms with Gasteiger partial charge in [0.15, 0.2) is 0 Å². The molecule has 0 aromatic heterocycles. The molecular formula is C13H16N2O5S. The third-order valence-electron chi connectivity index (χ3n) is 3.46. The summed E-state index contributed by atoms with van der Waals surface area (Å²) in [4.78, 5) is 24.8. The molecule has 0 saturated carbocycles. The molecule has 1 fully saturated rings. The molecule has 8 heteroatoms. The van der Waals surface area contributed by atoms with E-state index in [9.17, 15) is 18.0 Å². The number of primary sulfonamides is 1. The van der Waals surface area contributed by atoms with Gasteiger partial charge >= 0.3 is 5.97 Å². The van der Waals surface area contributed by atoms with Gasteiger partial charge in [0.25, 0.3) is 0 Å². The minimum Gasteiger partial charge on any atom is -0.465 e. The number of methoxy groups -OCH3 is 1. The molecule has 1 unspecified atom stereocenters. The van der Waals surface area contributed by atoms with Gasteiger partial charge in [-0.2, -0.15) is 0 Å². The number of ether oxygens (including phenoxy) is 1. The molecule has 1 aliphatic rings. The first kappa shape index (κ1) is 15.5. The second-order valence-electron chi connectivity index (χ2n) is 4.91. The summed E-state index contributed by atoms with van der Waals surface area (Å²) in [6.07, 6.45) is -0.128. The van der Waals surface area contributed by atoms with E-state index in [1.165, 1.54) is 18.1 Å². The van der Waals surface area contributed by atoms with Crippen molar-refractivity contribution in [1.29, 1.82) is 0 Å². The quantitative estimate of drug-likeness (QED) is 0.801. The molecule has 1 aromatic carbocycles. The van der Waals surface area contributed by atoms with Crippen molar-refractivity contribution >= 4 is 27.6 Å². The molecule has 114 valence electrons. The van der Waals surface area contributed by atoms with E-state index in [1.807, 2.05) is 0 Å². The van der Waals surface area contributed by atoms with Gasteiger partial charge < -0.3 is 9.64 Å². The third kappa shape index (κ3) is 3.06. The van der Waals surface area contributed by atoms with E-state index in [1.54, 1.807) is 19.1 Å². The molecule has 1 atom stereocenters. The van der Waals surface area contributed by atoms with Gasteiger partial charge in [-0.1, -0.05) is 0 Å². The van der Waals surface area contributed by atoms with Crippen LogP contribution in [0.25, 0.3) is 0 Å². The number of hydrogen-bond acceptors (Lipinski definition) is 5. The van der Waals surface area contributed by atoms with Crippen molar-refractivity contribution in [3.8, 4) is 0 Å². The lowest BCUT2D eigenvalue weighted by Gasteiger charge is -2.19. The number of rotatable bonds is 3. The van der Waals surface area contributed by atoms with Gasteiger partial charge in [-0.15, -0.1) is 0 Å². The minimum absolute atomic E-state index is 0.0239. The molecule has 1 aliphatic heterocycles. The number of amides is 1. The van der Waals surface area contributed by atoms with Gasteiger partial charge in [0.1, 0.15) is 5.25 Å². The Kier molecular flexibility index (Phi) is 4.02. The molecular weight excluding hydrogens is 296 g/mol. The Bertz CT molecular complexity index is 699. The van der Waals surface area contributed by atoms with Crippen LogP contribution in [0.2, 0.25) is 0 Å². The number of carbonyl (C=O) groups excluding carboxylic acids is 2. The Morgan fingerprint density at radius 3 is 2.57 bits per heavy atom. The summed E-state index contributed by atoms with van der Waals surface area (Å²) in [6, 6.07) is 4.73. The van der Waals surface area contributed by atoms with E-state index in [0.717, 1.165) is 0 Å². The molecule has 1 saturated heterocycles. The fourth-order valence-corrected chi connectivity index (χ4v) is 3.06. The van der Waals surface area contributed by atoms with Gasteiger partial charge in [-0.3, -0.25) is 4.79 Å². The van der Waals surface area contributed by atoms with E-state index < -0.39 is 21.2 Å². The van der Waals surface area contributed by atoms with Gasteiger partial charge in [0.05, 0.1) is 12.7 Å². The minimum atomic E-state index is -3.75. The molecule has 2 rings (SSSR count). The fraction of sp³-hybridized carbons (Fsp3) is 0.385. The molecule has 21 heavy (non-hydrogen) atoms. The van der Waals surface area contributed by atoms with Crippen molar-refractivity contribution < 1.29 is 22.7 Å². The van der Waals surface area contributed by atoms with Crippen LogP contribution in [0.4, 0.5) is 5.69 Å². The Labute approximate surface area is 122 Å². The lowest BCUT2D eigenvalue weighted by molar-refractivity contribution is -0.117. The standard InChI is InChI=1S/C13H16N2O5S/c1-8-5-9(13(17)20-2)3-4-11(8)15-7-10(6-12(15)16)21(14,18)19/h3-5,10H,6-7H2,1-2H3,(H2,14,18,19). The average molecular weight is 312 g/mol. The topological polar surface area (TPSA) is 107 Å². The Morgan fingerprint density at radius 2 is 2.10 bits per heavy atom. The number of carbonyl (C=O) groups is 2. The van der Waals surface area contributed by atoms with Gasteiger partial charge in [0, 0.05) is 18.7 Å². The maximum absolute atomic E-state index is 12.0. The van der Waals surface area contributed by atoms with Gasteiger partial charge in [-0.25, -0.2) is 18.4 Å². The van der Waals surface area contributed by atoms with Crippen LogP contribution in [0, 0.1) is 6.92 Å². The summed E-state index contributed by atoms with van der Waals surface area (Å²) in [7, 11) is -2.47. The monoisotopic (exact) mass is 312 g/mol. The fourth-order valence-electron chi connectivity index (χ4n) is 2.33. The van der Waals surface area contributed by atoms with Crippen LogP contribution in [-0.4, -0.2) is 39.2 Å². The number of sulfonamides is 1. The molecule has 0 bridgehead atoms. The Balaban J connectivity index is 2.31. The summed E-state index contributed by atoms with van der Waals surface area (Å²) >= 11 is 0. The van der Waals surface area contributed by atoms with Crippen molar-refractivity contribution in [1.82, 2.24) is 0 Å². The normalized spacial score (nSPS) is 18.9. The predicted octanol–water partition coefficient (Wildman–Crippen LogP) is 0.175. The number of aryl methyl sites for hydroxylation is 1. The summed E-state index contributed by atoms with van der Waals surface area (Å²) in [5, 5.41) is 4.20. The average Bonchev–Trinajstić information content (AvgIpc) is 2.79. The predicted molar refractivity (Wildman–Crippen MR) is 76.4 cm³/mol. The highest BCUT2D eigenvalue weighted by atomic mass is 32.2. The molecule has 1 aromatic rings. The van der Waals surface area contributed by atoms with E-state index in [4.69, 9.17) is 5.14 Å². The molecule has 2 N–H and O–H groups in total. The van der Waals surface area contributed by atoms with Crippen LogP contribution in [0.1, 0.15) is 22.3 Å².